The standard InChI is InChI=1S/C10H5BrFNO/c11-6-2-7-9(14)1-5(4-13)10(7)8(12)3-6/h2-3,5H,1H2. The van der Waals surface area contributed by atoms with Crippen LogP contribution in [0.15, 0.2) is 16.6 Å². The third kappa shape index (κ3) is 1.25. The Balaban J connectivity index is 2.69. The maximum absolute atomic E-state index is 13.4. The van der Waals surface area contributed by atoms with Crippen molar-refractivity contribution in [3.8, 4) is 6.07 Å². The summed E-state index contributed by atoms with van der Waals surface area (Å²) in [7, 11) is 0. The number of benzene rings is 1. The van der Waals surface area contributed by atoms with Gasteiger partial charge >= 0.3 is 0 Å². The zero-order valence-corrected chi connectivity index (χ0v) is 8.64. The van der Waals surface area contributed by atoms with Crippen molar-refractivity contribution in [1.82, 2.24) is 0 Å². The van der Waals surface area contributed by atoms with Gasteiger partial charge in [0.2, 0.25) is 0 Å². The van der Waals surface area contributed by atoms with Gasteiger partial charge in [0.25, 0.3) is 0 Å². The lowest BCUT2D eigenvalue weighted by Gasteiger charge is -2.02. The minimum absolute atomic E-state index is 0.0964. The van der Waals surface area contributed by atoms with Crippen LogP contribution in [-0.2, 0) is 0 Å². The van der Waals surface area contributed by atoms with Gasteiger partial charge in [0.15, 0.2) is 5.78 Å². The maximum Gasteiger partial charge on any atom is 0.164 e. The topological polar surface area (TPSA) is 40.9 Å². The van der Waals surface area contributed by atoms with E-state index < -0.39 is 11.7 Å². The smallest absolute Gasteiger partial charge is 0.164 e. The Morgan fingerprint density at radius 2 is 2.29 bits per heavy atom. The van der Waals surface area contributed by atoms with Crippen LogP contribution in [0.1, 0.15) is 28.3 Å². The summed E-state index contributed by atoms with van der Waals surface area (Å²) in [5.41, 5.74) is 0.587. The summed E-state index contributed by atoms with van der Waals surface area (Å²) in [5.74, 6) is -1.26. The van der Waals surface area contributed by atoms with E-state index >= 15 is 0 Å². The molecule has 0 N–H and O–H groups in total. The number of nitrogens with zero attached hydrogens (tertiary/aromatic N) is 1. The molecule has 0 radical (unpaired) electrons. The first-order valence-corrected chi connectivity index (χ1v) is 4.84. The van der Waals surface area contributed by atoms with Crippen molar-refractivity contribution in [2.75, 3.05) is 0 Å². The van der Waals surface area contributed by atoms with Crippen LogP contribution in [0.25, 0.3) is 0 Å². The van der Waals surface area contributed by atoms with Crippen LogP contribution in [0.2, 0.25) is 0 Å². The highest BCUT2D eigenvalue weighted by Gasteiger charge is 2.32. The molecule has 4 heteroatoms. The molecule has 0 saturated carbocycles. The summed E-state index contributed by atoms with van der Waals surface area (Å²) in [6.07, 6.45) is 0.0964. The van der Waals surface area contributed by atoms with Crippen molar-refractivity contribution in [2.24, 2.45) is 0 Å². The molecule has 0 fully saturated rings. The van der Waals surface area contributed by atoms with Gasteiger partial charge in [0.1, 0.15) is 5.82 Å². The zero-order chi connectivity index (χ0) is 10.3. The number of carbonyl (C=O) groups excluding carboxylic acids is 1. The number of halogens is 2. The predicted octanol–water partition coefficient (Wildman–Crippen LogP) is 2.78. The quantitative estimate of drug-likeness (QED) is 0.714. The normalized spacial score (nSPS) is 19.2. The van der Waals surface area contributed by atoms with Crippen LogP contribution >= 0.6 is 15.9 Å². The molecule has 1 unspecified atom stereocenters. The Kier molecular flexibility index (Phi) is 2.12. The van der Waals surface area contributed by atoms with Crippen LogP contribution in [-0.4, -0.2) is 5.78 Å². The summed E-state index contributed by atoms with van der Waals surface area (Å²) in [6.45, 7) is 0. The lowest BCUT2D eigenvalue weighted by Crippen LogP contribution is -1.94. The average Bonchev–Trinajstić information content (AvgIpc) is 2.43. The van der Waals surface area contributed by atoms with Gasteiger partial charge in [-0.3, -0.25) is 4.79 Å². The highest BCUT2D eigenvalue weighted by atomic mass is 79.9. The van der Waals surface area contributed by atoms with Crippen molar-refractivity contribution >= 4 is 21.7 Å². The Labute approximate surface area is 88.5 Å². The van der Waals surface area contributed by atoms with Gasteiger partial charge < -0.3 is 0 Å². The van der Waals surface area contributed by atoms with Crippen LogP contribution in [0.5, 0.6) is 0 Å². The number of rotatable bonds is 0. The fraction of sp³-hybridized carbons (Fsp3) is 0.200. The third-order valence-corrected chi connectivity index (χ3v) is 2.75. The molecule has 1 aliphatic carbocycles. The summed E-state index contributed by atoms with van der Waals surface area (Å²) in [6, 6.07) is 4.78. The second kappa shape index (κ2) is 3.18. The van der Waals surface area contributed by atoms with Crippen molar-refractivity contribution in [1.29, 1.82) is 5.26 Å². The molecule has 1 aliphatic rings. The van der Waals surface area contributed by atoms with E-state index in [4.69, 9.17) is 5.26 Å². The van der Waals surface area contributed by atoms with E-state index in [1.165, 1.54) is 6.07 Å². The van der Waals surface area contributed by atoms with Gasteiger partial charge in [-0.1, -0.05) is 15.9 Å². The maximum atomic E-state index is 13.4. The van der Waals surface area contributed by atoms with E-state index in [-0.39, 0.29) is 17.8 Å². The Bertz CT molecular complexity index is 464. The van der Waals surface area contributed by atoms with Gasteiger partial charge in [0.05, 0.1) is 12.0 Å². The fourth-order valence-corrected chi connectivity index (χ4v) is 2.11. The summed E-state index contributed by atoms with van der Waals surface area (Å²) in [5, 5.41) is 8.74. The number of fused-ring (bicyclic) bond motifs is 1. The molecule has 1 aromatic rings. The van der Waals surface area contributed by atoms with Crippen LogP contribution < -0.4 is 0 Å². The molecule has 1 aromatic carbocycles. The predicted molar refractivity (Wildman–Crippen MR) is 51.4 cm³/mol. The van der Waals surface area contributed by atoms with Crippen molar-refractivity contribution in [3.05, 3.63) is 33.5 Å². The molecular formula is C10H5BrFNO. The molecule has 0 bridgehead atoms. The lowest BCUT2D eigenvalue weighted by atomic mass is 10.0. The molecule has 0 spiro atoms. The summed E-state index contributed by atoms with van der Waals surface area (Å²) < 4.78 is 14.0. The molecule has 0 saturated heterocycles. The fourth-order valence-electron chi connectivity index (χ4n) is 1.68. The Morgan fingerprint density at radius 1 is 1.57 bits per heavy atom. The number of Topliss-reactive ketones (excluding diaryl/α,β-unsaturated/α-hetero) is 1. The molecule has 14 heavy (non-hydrogen) atoms. The first-order valence-electron chi connectivity index (χ1n) is 4.05. The number of ketones is 1. The van der Waals surface area contributed by atoms with Gasteiger partial charge in [-0.25, -0.2) is 4.39 Å². The lowest BCUT2D eigenvalue weighted by molar-refractivity contribution is 0.0992. The molecule has 0 aromatic heterocycles. The van der Waals surface area contributed by atoms with Gasteiger partial charge in [-0.2, -0.15) is 5.26 Å². The second-order valence-corrected chi connectivity index (χ2v) is 4.07. The van der Waals surface area contributed by atoms with Crippen LogP contribution in [0.3, 0.4) is 0 Å². The van der Waals surface area contributed by atoms with Gasteiger partial charge in [-0.05, 0) is 12.1 Å². The van der Waals surface area contributed by atoms with Crippen LogP contribution in [0, 0.1) is 17.1 Å². The molecule has 1 atom stereocenters. The molecule has 0 amide bonds. The summed E-state index contributed by atoms with van der Waals surface area (Å²) in [4.78, 5) is 11.4. The van der Waals surface area contributed by atoms with Gasteiger partial charge in [0, 0.05) is 22.0 Å². The van der Waals surface area contributed by atoms with E-state index in [9.17, 15) is 9.18 Å². The molecule has 0 aliphatic heterocycles. The van der Waals surface area contributed by atoms with Crippen LogP contribution in [0.4, 0.5) is 4.39 Å². The average molecular weight is 254 g/mol. The first kappa shape index (κ1) is 9.35. The van der Waals surface area contributed by atoms with Crippen molar-refractivity contribution in [3.63, 3.8) is 0 Å². The SMILES string of the molecule is N#CC1CC(=O)c2cc(Br)cc(F)c21. The third-order valence-electron chi connectivity index (χ3n) is 2.29. The van der Waals surface area contributed by atoms with Crippen molar-refractivity contribution in [2.45, 2.75) is 12.3 Å². The zero-order valence-electron chi connectivity index (χ0n) is 7.05. The summed E-state index contributed by atoms with van der Waals surface area (Å²) >= 11 is 3.11. The highest BCUT2D eigenvalue weighted by Crippen LogP contribution is 2.36. The molecule has 70 valence electrons. The molecule has 2 rings (SSSR count). The van der Waals surface area contributed by atoms with E-state index in [1.807, 2.05) is 6.07 Å². The van der Waals surface area contributed by atoms with E-state index in [2.05, 4.69) is 15.9 Å². The van der Waals surface area contributed by atoms with E-state index in [0.717, 1.165) is 0 Å². The first-order chi connectivity index (χ1) is 6.63. The second-order valence-electron chi connectivity index (χ2n) is 3.16. The van der Waals surface area contributed by atoms with E-state index in [0.29, 0.717) is 10.0 Å². The number of hydrogen-bond acceptors (Lipinski definition) is 2. The Hall–Kier alpha value is -1.21. The van der Waals surface area contributed by atoms with E-state index in [1.54, 1.807) is 6.07 Å². The number of carbonyl (C=O) groups is 1. The highest BCUT2D eigenvalue weighted by molar-refractivity contribution is 9.10. The van der Waals surface area contributed by atoms with Crippen molar-refractivity contribution < 1.29 is 9.18 Å². The largest absolute Gasteiger partial charge is 0.294 e. The minimum Gasteiger partial charge on any atom is -0.294 e. The minimum atomic E-state index is -0.620. The molecule has 0 heterocycles. The Morgan fingerprint density at radius 3 is 2.93 bits per heavy atom. The monoisotopic (exact) mass is 253 g/mol. The molecule has 2 nitrogen and oxygen atoms in total. The number of hydrogen-bond donors (Lipinski definition) is 0. The number of nitriles is 1. The molecular weight excluding hydrogens is 249 g/mol. The van der Waals surface area contributed by atoms with Gasteiger partial charge in [-0.15, -0.1) is 0 Å².